The minimum absolute atomic E-state index is 0.0761. The molecule has 2 aromatic rings. The third kappa shape index (κ3) is 3.90. The quantitative estimate of drug-likeness (QED) is 0.776. The number of aliphatic imine (C=N–C) groups is 1. The van der Waals surface area contributed by atoms with Gasteiger partial charge in [-0.2, -0.15) is 0 Å². The van der Waals surface area contributed by atoms with Crippen LogP contribution in [0.3, 0.4) is 0 Å². The Balaban J connectivity index is 1.49. The summed E-state index contributed by atoms with van der Waals surface area (Å²) in [5.41, 5.74) is 3.93. The first kappa shape index (κ1) is 19.2. The second kappa shape index (κ2) is 8.11. The molecule has 0 aliphatic heterocycles. The maximum Gasteiger partial charge on any atom is 0.168 e. The summed E-state index contributed by atoms with van der Waals surface area (Å²) in [6.45, 7) is 0. The Kier molecular flexibility index (Phi) is 5.38. The summed E-state index contributed by atoms with van der Waals surface area (Å²) in [4.78, 5) is 17.3. The Labute approximate surface area is 170 Å². The van der Waals surface area contributed by atoms with Crippen LogP contribution in [0.15, 0.2) is 58.8 Å². The maximum atomic E-state index is 12.7. The molecule has 5 nitrogen and oxygen atoms in total. The summed E-state index contributed by atoms with van der Waals surface area (Å²) in [5.74, 6) is 1.21. The average Bonchev–Trinajstić information content (AvgIpc) is 3.15. The highest BCUT2D eigenvalue weighted by Gasteiger charge is 2.29. The Morgan fingerprint density at radius 2 is 1.66 bits per heavy atom. The molecule has 0 saturated carbocycles. The van der Waals surface area contributed by atoms with Crippen LogP contribution in [0, 0.1) is 0 Å². The monoisotopic (exact) mass is 391 g/mol. The van der Waals surface area contributed by atoms with Crippen LogP contribution in [-0.2, 0) is 17.6 Å². The predicted octanol–water partition coefficient (Wildman–Crippen LogP) is 4.20. The van der Waals surface area contributed by atoms with Crippen LogP contribution in [0.1, 0.15) is 35.4 Å². The fourth-order valence-electron chi connectivity index (χ4n) is 4.22. The molecule has 5 heteroatoms. The lowest BCUT2D eigenvalue weighted by molar-refractivity contribution is -0.116. The molecule has 2 aliphatic carbocycles. The van der Waals surface area contributed by atoms with Crippen molar-refractivity contribution >= 4 is 12.0 Å². The number of Topliss-reactive ketones (excluding diaryl/α,β-unsaturated/α-hetero) is 1. The van der Waals surface area contributed by atoms with Gasteiger partial charge in [0.1, 0.15) is 5.76 Å². The van der Waals surface area contributed by atoms with Crippen LogP contribution in [0.5, 0.6) is 11.5 Å². The molecule has 0 amide bonds. The first-order valence-electron chi connectivity index (χ1n) is 9.86. The van der Waals surface area contributed by atoms with Crippen molar-refractivity contribution in [3.8, 4) is 11.5 Å². The topological polar surface area (TPSA) is 68.1 Å². The molecule has 150 valence electrons. The Bertz CT molecular complexity index is 967. The van der Waals surface area contributed by atoms with Gasteiger partial charge in [-0.1, -0.05) is 30.3 Å². The van der Waals surface area contributed by atoms with E-state index in [9.17, 15) is 9.90 Å². The Morgan fingerprint density at radius 3 is 2.28 bits per heavy atom. The molecule has 4 rings (SSSR count). The maximum absolute atomic E-state index is 12.7. The molecule has 0 heterocycles. The lowest BCUT2D eigenvalue weighted by atomic mass is 9.83. The zero-order valence-corrected chi connectivity index (χ0v) is 16.7. The highest BCUT2D eigenvalue weighted by molar-refractivity contribution is 6.14. The van der Waals surface area contributed by atoms with E-state index in [1.54, 1.807) is 20.4 Å². The normalized spacial score (nSPS) is 19.7. The minimum atomic E-state index is -0.0878. The van der Waals surface area contributed by atoms with Crippen molar-refractivity contribution in [2.75, 3.05) is 14.2 Å². The molecule has 2 aliphatic rings. The first-order valence-corrected chi connectivity index (χ1v) is 9.86. The fraction of sp³-hybridized carbons (Fsp3) is 0.333. The van der Waals surface area contributed by atoms with Gasteiger partial charge in [-0.25, -0.2) is 0 Å². The zero-order chi connectivity index (χ0) is 20.4. The lowest BCUT2D eigenvalue weighted by Crippen LogP contribution is -2.20. The van der Waals surface area contributed by atoms with Crippen LogP contribution in [0.25, 0.3) is 0 Å². The van der Waals surface area contributed by atoms with Crippen LogP contribution in [0.4, 0.5) is 0 Å². The van der Waals surface area contributed by atoms with Crippen LogP contribution in [0.2, 0.25) is 0 Å². The summed E-state index contributed by atoms with van der Waals surface area (Å²) >= 11 is 0. The number of allylic oxidation sites excluding steroid dienone is 2. The van der Waals surface area contributed by atoms with Gasteiger partial charge in [-0.15, -0.1) is 0 Å². The highest BCUT2D eigenvalue weighted by atomic mass is 16.5. The molecule has 0 saturated heterocycles. The van der Waals surface area contributed by atoms with E-state index in [-0.39, 0.29) is 23.5 Å². The number of carbonyl (C=O) groups excluding carboxylic acids is 1. The second-order valence-electron chi connectivity index (χ2n) is 7.61. The smallest absolute Gasteiger partial charge is 0.168 e. The third-order valence-electron chi connectivity index (χ3n) is 5.81. The summed E-state index contributed by atoms with van der Waals surface area (Å²) in [6.07, 6.45) is 4.09. The molecular formula is C24H25NO4. The van der Waals surface area contributed by atoms with E-state index in [1.165, 1.54) is 11.1 Å². The Morgan fingerprint density at radius 1 is 0.966 bits per heavy atom. The van der Waals surface area contributed by atoms with Gasteiger partial charge in [0.05, 0.1) is 25.8 Å². The number of nitrogens with zero attached hydrogens (tertiary/aromatic N) is 1. The van der Waals surface area contributed by atoms with Crippen LogP contribution in [-0.4, -0.2) is 37.4 Å². The van der Waals surface area contributed by atoms with E-state index in [1.807, 2.05) is 30.3 Å². The van der Waals surface area contributed by atoms with Crippen molar-refractivity contribution in [2.24, 2.45) is 4.99 Å². The van der Waals surface area contributed by atoms with Crippen molar-refractivity contribution in [2.45, 2.75) is 37.6 Å². The minimum Gasteiger partial charge on any atom is -0.511 e. The van der Waals surface area contributed by atoms with Gasteiger partial charge in [0.2, 0.25) is 0 Å². The van der Waals surface area contributed by atoms with Gasteiger partial charge >= 0.3 is 0 Å². The van der Waals surface area contributed by atoms with Crippen molar-refractivity contribution in [3.05, 3.63) is 70.5 Å². The van der Waals surface area contributed by atoms with Crippen molar-refractivity contribution in [1.29, 1.82) is 0 Å². The predicted molar refractivity (Wildman–Crippen MR) is 112 cm³/mol. The number of aliphatic hydroxyl groups excluding tert-OH is 1. The van der Waals surface area contributed by atoms with E-state index in [4.69, 9.17) is 9.47 Å². The molecule has 0 radical (unpaired) electrons. The number of benzene rings is 2. The van der Waals surface area contributed by atoms with Gasteiger partial charge in [0, 0.05) is 19.1 Å². The number of ketones is 1. The summed E-state index contributed by atoms with van der Waals surface area (Å²) in [5, 5.41) is 10.6. The first-order chi connectivity index (χ1) is 14.1. The van der Waals surface area contributed by atoms with E-state index in [0.717, 1.165) is 18.4 Å². The molecule has 0 fully saturated rings. The standard InChI is InChI=1S/C24H25NO4/c1-28-23-8-7-17(13-24(23)29-2)18-11-21(26)20(22(27)12-18)14-25-19-9-15-5-3-4-6-16(15)10-19/h3-8,13-14,18-19,26H,9-12H2,1-2H3. The number of aliphatic hydroxyl groups is 1. The van der Waals surface area contributed by atoms with Gasteiger partial charge in [0.25, 0.3) is 0 Å². The number of ether oxygens (including phenoxy) is 2. The van der Waals surface area contributed by atoms with E-state index in [2.05, 4.69) is 17.1 Å². The lowest BCUT2D eigenvalue weighted by Gasteiger charge is -2.23. The SMILES string of the molecule is COc1ccc(C2CC(=O)C(C=NC3Cc4ccccc4C3)=C(O)C2)cc1OC. The summed E-state index contributed by atoms with van der Waals surface area (Å²) in [6, 6.07) is 14.1. The average molecular weight is 391 g/mol. The van der Waals surface area contributed by atoms with Gasteiger partial charge in [-0.05, 0) is 47.6 Å². The van der Waals surface area contributed by atoms with Gasteiger partial charge < -0.3 is 14.6 Å². The number of carbonyl (C=O) groups is 1. The van der Waals surface area contributed by atoms with Crippen LogP contribution >= 0.6 is 0 Å². The summed E-state index contributed by atoms with van der Waals surface area (Å²) < 4.78 is 10.6. The molecular weight excluding hydrogens is 366 g/mol. The van der Waals surface area contributed by atoms with E-state index < -0.39 is 0 Å². The molecule has 1 unspecified atom stereocenters. The largest absolute Gasteiger partial charge is 0.511 e. The number of methoxy groups -OCH3 is 2. The molecule has 0 bridgehead atoms. The fourth-order valence-corrected chi connectivity index (χ4v) is 4.22. The number of fused-ring (bicyclic) bond motifs is 1. The Hall–Kier alpha value is -3.08. The van der Waals surface area contributed by atoms with E-state index >= 15 is 0 Å². The highest BCUT2D eigenvalue weighted by Crippen LogP contribution is 2.37. The number of hydrogen-bond acceptors (Lipinski definition) is 5. The van der Waals surface area contributed by atoms with Crippen molar-refractivity contribution < 1.29 is 19.4 Å². The summed E-state index contributed by atoms with van der Waals surface area (Å²) in [7, 11) is 3.17. The number of rotatable bonds is 5. The molecule has 29 heavy (non-hydrogen) atoms. The zero-order valence-electron chi connectivity index (χ0n) is 16.7. The molecule has 1 N–H and O–H groups in total. The third-order valence-corrected chi connectivity index (χ3v) is 5.81. The van der Waals surface area contributed by atoms with Crippen LogP contribution < -0.4 is 9.47 Å². The van der Waals surface area contributed by atoms with E-state index in [0.29, 0.717) is 29.9 Å². The van der Waals surface area contributed by atoms with Gasteiger partial charge in [0.15, 0.2) is 17.3 Å². The number of hydrogen-bond donors (Lipinski definition) is 1. The molecule has 2 aromatic carbocycles. The molecule has 0 spiro atoms. The molecule has 1 atom stereocenters. The molecule has 0 aromatic heterocycles. The van der Waals surface area contributed by atoms with Crippen molar-refractivity contribution in [1.82, 2.24) is 0 Å². The van der Waals surface area contributed by atoms with Crippen molar-refractivity contribution in [3.63, 3.8) is 0 Å². The van der Waals surface area contributed by atoms with Gasteiger partial charge in [-0.3, -0.25) is 9.79 Å². The second-order valence-corrected chi connectivity index (χ2v) is 7.61.